The highest BCUT2D eigenvalue weighted by Crippen LogP contribution is 2.31. The van der Waals surface area contributed by atoms with Crippen molar-refractivity contribution in [3.05, 3.63) is 68.2 Å². The molecular formula is C15H6Cl3NO4. The molecule has 1 heterocycles. The highest BCUT2D eigenvalue weighted by Gasteiger charge is 2.39. The van der Waals surface area contributed by atoms with Crippen LogP contribution in [0.4, 0.5) is 0 Å². The normalized spacial score (nSPS) is 13.3. The van der Waals surface area contributed by atoms with Crippen molar-refractivity contribution in [1.29, 1.82) is 0 Å². The minimum Gasteiger partial charge on any atom is -0.324 e. The Labute approximate surface area is 145 Å². The monoisotopic (exact) mass is 369 g/mol. The number of carbonyl (C=O) groups excluding carboxylic acids is 3. The van der Waals surface area contributed by atoms with Crippen molar-refractivity contribution in [3.8, 4) is 0 Å². The first-order chi connectivity index (χ1) is 10.9. The highest BCUT2D eigenvalue weighted by atomic mass is 35.5. The summed E-state index contributed by atoms with van der Waals surface area (Å²) < 4.78 is 0. The fraction of sp³-hybridized carbons (Fsp3) is 0. The fourth-order valence-corrected chi connectivity index (χ4v) is 3.09. The molecule has 3 rings (SSSR count). The average Bonchev–Trinajstić information content (AvgIpc) is 2.72. The van der Waals surface area contributed by atoms with Crippen LogP contribution in [-0.2, 0) is 4.84 Å². The van der Waals surface area contributed by atoms with Crippen LogP contribution in [0.1, 0.15) is 31.1 Å². The van der Waals surface area contributed by atoms with Gasteiger partial charge in [-0.25, -0.2) is 4.79 Å². The van der Waals surface area contributed by atoms with Gasteiger partial charge in [0.25, 0.3) is 11.8 Å². The van der Waals surface area contributed by atoms with Crippen molar-refractivity contribution >= 4 is 52.6 Å². The van der Waals surface area contributed by atoms with E-state index in [0.29, 0.717) is 5.06 Å². The van der Waals surface area contributed by atoms with Crippen LogP contribution in [0.25, 0.3) is 0 Å². The van der Waals surface area contributed by atoms with E-state index in [-0.39, 0.29) is 31.8 Å². The molecule has 116 valence electrons. The summed E-state index contributed by atoms with van der Waals surface area (Å²) in [5, 5.41) is 0.513. The second-order valence-electron chi connectivity index (χ2n) is 4.57. The third-order valence-electron chi connectivity index (χ3n) is 3.14. The van der Waals surface area contributed by atoms with Gasteiger partial charge in [-0.1, -0.05) is 52.0 Å². The van der Waals surface area contributed by atoms with E-state index in [0.717, 1.165) is 0 Å². The number of rotatable bonds is 2. The number of hydrogen-bond acceptors (Lipinski definition) is 4. The number of halogens is 3. The Morgan fingerprint density at radius 2 is 1.39 bits per heavy atom. The summed E-state index contributed by atoms with van der Waals surface area (Å²) in [6, 6.07) is 8.73. The van der Waals surface area contributed by atoms with Crippen molar-refractivity contribution in [2.75, 3.05) is 0 Å². The molecule has 0 radical (unpaired) electrons. The number of imide groups is 1. The van der Waals surface area contributed by atoms with Gasteiger partial charge in [-0.05, 0) is 24.3 Å². The number of nitrogens with zero attached hydrogens (tertiary/aromatic N) is 1. The second-order valence-corrected chi connectivity index (χ2v) is 5.82. The Kier molecular flexibility index (Phi) is 4.02. The van der Waals surface area contributed by atoms with Gasteiger partial charge in [0.1, 0.15) is 0 Å². The molecule has 0 spiro atoms. The minimum absolute atomic E-state index is 0.0518. The Morgan fingerprint density at radius 1 is 0.913 bits per heavy atom. The average molecular weight is 371 g/mol. The molecule has 0 atom stereocenters. The van der Waals surface area contributed by atoms with Gasteiger partial charge in [0.05, 0.1) is 26.7 Å². The molecule has 23 heavy (non-hydrogen) atoms. The van der Waals surface area contributed by atoms with Crippen molar-refractivity contribution in [2.24, 2.45) is 0 Å². The van der Waals surface area contributed by atoms with E-state index in [2.05, 4.69) is 0 Å². The van der Waals surface area contributed by atoms with Crippen LogP contribution in [0.5, 0.6) is 0 Å². The third kappa shape index (κ3) is 2.67. The maximum Gasteiger partial charge on any atom is 0.366 e. The molecule has 2 aromatic rings. The number of carbonyl (C=O) groups is 3. The Morgan fingerprint density at radius 3 is 1.87 bits per heavy atom. The van der Waals surface area contributed by atoms with E-state index in [1.54, 1.807) is 12.1 Å². The number of amides is 2. The third-order valence-corrected chi connectivity index (χ3v) is 3.96. The van der Waals surface area contributed by atoms with E-state index in [1.165, 1.54) is 24.3 Å². The van der Waals surface area contributed by atoms with E-state index < -0.39 is 17.8 Å². The zero-order chi connectivity index (χ0) is 16.7. The summed E-state index contributed by atoms with van der Waals surface area (Å²) in [6.07, 6.45) is 0. The first-order valence-electron chi connectivity index (χ1n) is 6.25. The molecule has 0 saturated heterocycles. The van der Waals surface area contributed by atoms with Crippen LogP contribution in [0, 0.1) is 0 Å². The molecular weight excluding hydrogens is 365 g/mol. The number of fused-ring (bicyclic) bond motifs is 1. The van der Waals surface area contributed by atoms with Crippen LogP contribution >= 0.6 is 34.8 Å². The van der Waals surface area contributed by atoms with Gasteiger partial charge in [0.2, 0.25) is 0 Å². The van der Waals surface area contributed by atoms with Gasteiger partial charge < -0.3 is 4.84 Å². The number of hydrogen-bond donors (Lipinski definition) is 0. The smallest absolute Gasteiger partial charge is 0.324 e. The maximum absolute atomic E-state index is 12.2. The summed E-state index contributed by atoms with van der Waals surface area (Å²) in [4.78, 5) is 41.4. The standard InChI is InChI=1S/C15H6Cl3NO4/c16-7-5-10(17)12(11(18)6-7)15(22)23-19-13(20)8-3-1-2-4-9(8)14(19)21/h1-6H. The Balaban J connectivity index is 1.91. The quantitative estimate of drug-likeness (QED) is 0.749. The molecule has 1 aliphatic heterocycles. The van der Waals surface area contributed by atoms with Crippen molar-refractivity contribution in [2.45, 2.75) is 0 Å². The lowest BCUT2D eigenvalue weighted by atomic mass is 10.1. The lowest BCUT2D eigenvalue weighted by molar-refractivity contribution is -0.0584. The molecule has 0 aromatic heterocycles. The van der Waals surface area contributed by atoms with Crippen LogP contribution in [0.2, 0.25) is 15.1 Å². The molecule has 0 fully saturated rings. The molecule has 0 bridgehead atoms. The van der Waals surface area contributed by atoms with Crippen LogP contribution in [0.3, 0.4) is 0 Å². The Bertz CT molecular complexity index is 808. The van der Waals surface area contributed by atoms with E-state index in [4.69, 9.17) is 39.6 Å². The second kappa shape index (κ2) is 5.85. The van der Waals surface area contributed by atoms with Gasteiger partial charge >= 0.3 is 5.97 Å². The molecule has 5 nitrogen and oxygen atoms in total. The Hall–Kier alpha value is -2.08. The summed E-state index contributed by atoms with van der Waals surface area (Å²) >= 11 is 17.6. The molecule has 0 aliphatic carbocycles. The molecule has 2 amide bonds. The van der Waals surface area contributed by atoms with Crippen LogP contribution < -0.4 is 0 Å². The minimum atomic E-state index is -1.04. The summed E-state index contributed by atoms with van der Waals surface area (Å²) in [5.74, 6) is -2.51. The summed E-state index contributed by atoms with van der Waals surface area (Å²) in [5.41, 5.74) is 0.117. The molecule has 1 aliphatic rings. The van der Waals surface area contributed by atoms with Gasteiger partial charge in [0.15, 0.2) is 0 Å². The molecule has 0 saturated carbocycles. The lowest BCUT2D eigenvalue weighted by Gasteiger charge is -2.14. The molecule has 0 N–H and O–H groups in total. The number of benzene rings is 2. The molecule has 8 heteroatoms. The number of hydroxylamine groups is 2. The van der Waals surface area contributed by atoms with E-state index in [1.807, 2.05) is 0 Å². The first-order valence-corrected chi connectivity index (χ1v) is 7.38. The zero-order valence-electron chi connectivity index (χ0n) is 11.2. The predicted octanol–water partition coefficient (Wildman–Crippen LogP) is 4.01. The summed E-state index contributed by atoms with van der Waals surface area (Å²) in [6.45, 7) is 0. The molecule has 2 aromatic carbocycles. The SMILES string of the molecule is O=C(ON1C(=O)c2ccccc2C1=O)c1c(Cl)cc(Cl)cc1Cl. The molecule has 0 unspecified atom stereocenters. The van der Waals surface area contributed by atoms with E-state index in [9.17, 15) is 14.4 Å². The van der Waals surface area contributed by atoms with Crippen LogP contribution in [0.15, 0.2) is 36.4 Å². The van der Waals surface area contributed by atoms with Gasteiger partial charge in [0, 0.05) is 5.02 Å². The lowest BCUT2D eigenvalue weighted by Crippen LogP contribution is -2.32. The van der Waals surface area contributed by atoms with Gasteiger partial charge in [-0.3, -0.25) is 9.59 Å². The first kappa shape index (κ1) is 15.8. The van der Waals surface area contributed by atoms with Crippen molar-refractivity contribution in [1.82, 2.24) is 5.06 Å². The maximum atomic E-state index is 12.2. The van der Waals surface area contributed by atoms with Crippen LogP contribution in [-0.4, -0.2) is 22.8 Å². The van der Waals surface area contributed by atoms with Gasteiger partial charge in [-0.15, -0.1) is 0 Å². The predicted molar refractivity (Wildman–Crippen MR) is 83.8 cm³/mol. The van der Waals surface area contributed by atoms with Gasteiger partial charge in [-0.2, -0.15) is 0 Å². The topological polar surface area (TPSA) is 63.7 Å². The van der Waals surface area contributed by atoms with Crippen molar-refractivity contribution < 1.29 is 19.2 Å². The van der Waals surface area contributed by atoms with Crippen molar-refractivity contribution in [3.63, 3.8) is 0 Å². The fourth-order valence-electron chi connectivity index (χ4n) is 2.12. The van der Waals surface area contributed by atoms with E-state index >= 15 is 0 Å². The largest absolute Gasteiger partial charge is 0.366 e. The highest BCUT2D eigenvalue weighted by molar-refractivity contribution is 6.42. The zero-order valence-corrected chi connectivity index (χ0v) is 13.4. The summed E-state index contributed by atoms with van der Waals surface area (Å²) in [7, 11) is 0.